The minimum Gasteiger partial charge on any atom is -0.379 e. The summed E-state index contributed by atoms with van der Waals surface area (Å²) >= 11 is 0. The third-order valence-electron chi connectivity index (χ3n) is 5.21. The van der Waals surface area contributed by atoms with Gasteiger partial charge in [0.1, 0.15) is 0 Å². The molecule has 23 heavy (non-hydrogen) atoms. The summed E-state index contributed by atoms with van der Waals surface area (Å²) in [5.74, 6) is 0.820. The van der Waals surface area contributed by atoms with E-state index in [1.54, 1.807) is 6.92 Å². The Bertz CT molecular complexity index is 501. The average molecular weight is 316 g/mol. The lowest BCUT2D eigenvalue weighted by Crippen LogP contribution is -2.37. The van der Waals surface area contributed by atoms with Crippen LogP contribution in [0.2, 0.25) is 0 Å². The van der Waals surface area contributed by atoms with Gasteiger partial charge in [-0.15, -0.1) is 0 Å². The van der Waals surface area contributed by atoms with Crippen molar-refractivity contribution in [3.63, 3.8) is 0 Å². The first kappa shape index (κ1) is 16.5. The van der Waals surface area contributed by atoms with Crippen LogP contribution >= 0.6 is 0 Å². The number of morpholine rings is 1. The molecule has 2 fully saturated rings. The van der Waals surface area contributed by atoms with Gasteiger partial charge in [0.05, 0.1) is 13.2 Å². The molecule has 2 aliphatic rings. The Morgan fingerprint density at radius 1 is 1.09 bits per heavy atom. The molecule has 0 unspecified atom stereocenters. The summed E-state index contributed by atoms with van der Waals surface area (Å²) in [6.45, 7) is 8.47. The van der Waals surface area contributed by atoms with Crippen LogP contribution in [0.25, 0.3) is 0 Å². The molecule has 1 aromatic carbocycles. The van der Waals surface area contributed by atoms with Crippen molar-refractivity contribution in [2.45, 2.75) is 32.1 Å². The van der Waals surface area contributed by atoms with Crippen LogP contribution in [-0.2, 0) is 16.0 Å². The van der Waals surface area contributed by atoms with Gasteiger partial charge in [0, 0.05) is 39.6 Å². The predicted octanol–water partition coefficient (Wildman–Crippen LogP) is 2.29. The largest absolute Gasteiger partial charge is 0.379 e. The summed E-state index contributed by atoms with van der Waals surface area (Å²) < 4.78 is 5.39. The maximum Gasteiger partial charge on any atom is 0.219 e. The maximum absolute atomic E-state index is 11.4. The first-order valence-corrected chi connectivity index (χ1v) is 8.87. The number of likely N-dealkylation sites (tertiary alicyclic amines) is 1. The van der Waals surface area contributed by atoms with Crippen LogP contribution < -0.4 is 0 Å². The Hall–Kier alpha value is -1.39. The van der Waals surface area contributed by atoms with Gasteiger partial charge in [0.15, 0.2) is 0 Å². The van der Waals surface area contributed by atoms with Gasteiger partial charge in [0.2, 0.25) is 5.91 Å². The van der Waals surface area contributed by atoms with Crippen LogP contribution in [0.4, 0.5) is 0 Å². The Balaban J connectivity index is 1.48. The van der Waals surface area contributed by atoms with Crippen molar-refractivity contribution in [3.05, 3.63) is 35.4 Å². The van der Waals surface area contributed by atoms with E-state index >= 15 is 0 Å². The molecule has 0 aliphatic carbocycles. The lowest BCUT2D eigenvalue weighted by atomic mass is 9.89. The van der Waals surface area contributed by atoms with Gasteiger partial charge in [-0.25, -0.2) is 0 Å². The highest BCUT2D eigenvalue weighted by Gasteiger charge is 2.21. The van der Waals surface area contributed by atoms with Crippen molar-refractivity contribution >= 4 is 5.91 Å². The summed E-state index contributed by atoms with van der Waals surface area (Å²) in [5.41, 5.74) is 2.85. The van der Waals surface area contributed by atoms with E-state index in [1.807, 2.05) is 4.90 Å². The van der Waals surface area contributed by atoms with E-state index in [9.17, 15) is 4.79 Å². The van der Waals surface area contributed by atoms with Gasteiger partial charge in [-0.05, 0) is 36.3 Å². The SMILES string of the molecule is CC(=O)N1CCC(c2ccc(CCN3CCOCC3)cc2)CC1. The second-order valence-corrected chi connectivity index (χ2v) is 6.73. The third kappa shape index (κ3) is 4.55. The number of hydrogen-bond acceptors (Lipinski definition) is 3. The quantitative estimate of drug-likeness (QED) is 0.854. The molecule has 4 heteroatoms. The maximum atomic E-state index is 11.4. The molecule has 0 spiro atoms. The van der Waals surface area contributed by atoms with E-state index in [-0.39, 0.29) is 5.91 Å². The highest BCUT2D eigenvalue weighted by Crippen LogP contribution is 2.28. The van der Waals surface area contributed by atoms with Gasteiger partial charge in [-0.1, -0.05) is 24.3 Å². The molecule has 1 aromatic rings. The molecular weight excluding hydrogens is 288 g/mol. The number of nitrogens with zero attached hydrogens (tertiary/aromatic N) is 2. The highest BCUT2D eigenvalue weighted by molar-refractivity contribution is 5.73. The van der Waals surface area contributed by atoms with E-state index < -0.39 is 0 Å². The standard InChI is InChI=1S/C19H28N2O2/c1-16(22)21-10-7-19(8-11-21)18-4-2-17(3-5-18)6-9-20-12-14-23-15-13-20/h2-5,19H,6-15H2,1H3. The van der Waals surface area contributed by atoms with Gasteiger partial charge in [-0.3, -0.25) is 9.69 Å². The van der Waals surface area contributed by atoms with Crippen LogP contribution in [0.3, 0.4) is 0 Å². The fourth-order valence-corrected chi connectivity index (χ4v) is 3.60. The fraction of sp³-hybridized carbons (Fsp3) is 0.632. The van der Waals surface area contributed by atoms with Crippen molar-refractivity contribution in [2.24, 2.45) is 0 Å². The Morgan fingerprint density at radius 3 is 2.35 bits per heavy atom. The zero-order chi connectivity index (χ0) is 16.1. The molecule has 2 saturated heterocycles. The third-order valence-corrected chi connectivity index (χ3v) is 5.21. The zero-order valence-electron chi connectivity index (χ0n) is 14.2. The lowest BCUT2D eigenvalue weighted by Gasteiger charge is -2.31. The van der Waals surface area contributed by atoms with Crippen molar-refractivity contribution < 1.29 is 9.53 Å². The predicted molar refractivity (Wildman–Crippen MR) is 91.6 cm³/mol. The number of carbonyl (C=O) groups excluding carboxylic acids is 1. The monoisotopic (exact) mass is 316 g/mol. The summed E-state index contributed by atoms with van der Waals surface area (Å²) in [7, 11) is 0. The van der Waals surface area contributed by atoms with E-state index in [4.69, 9.17) is 4.74 Å². The van der Waals surface area contributed by atoms with Crippen molar-refractivity contribution in [1.82, 2.24) is 9.80 Å². The van der Waals surface area contributed by atoms with Crippen molar-refractivity contribution in [1.29, 1.82) is 0 Å². The first-order chi connectivity index (χ1) is 11.2. The molecule has 126 valence electrons. The van der Waals surface area contributed by atoms with Gasteiger partial charge in [-0.2, -0.15) is 0 Å². The minimum absolute atomic E-state index is 0.210. The Kier molecular flexibility index (Phi) is 5.68. The van der Waals surface area contributed by atoms with E-state index in [2.05, 4.69) is 29.2 Å². The number of hydrogen-bond donors (Lipinski definition) is 0. The van der Waals surface area contributed by atoms with Gasteiger partial charge < -0.3 is 9.64 Å². The van der Waals surface area contributed by atoms with Crippen molar-refractivity contribution in [2.75, 3.05) is 45.9 Å². The Labute approximate surface area is 139 Å². The molecule has 0 atom stereocenters. The van der Waals surface area contributed by atoms with Gasteiger partial charge >= 0.3 is 0 Å². The molecule has 0 radical (unpaired) electrons. The molecule has 0 aromatic heterocycles. The second-order valence-electron chi connectivity index (χ2n) is 6.73. The normalized spacial score (nSPS) is 20.7. The highest BCUT2D eigenvalue weighted by atomic mass is 16.5. The molecule has 0 bridgehead atoms. The minimum atomic E-state index is 0.210. The number of benzene rings is 1. The molecular formula is C19H28N2O2. The van der Waals surface area contributed by atoms with Crippen LogP contribution in [0.1, 0.15) is 36.8 Å². The van der Waals surface area contributed by atoms with Crippen LogP contribution in [0, 0.1) is 0 Å². The molecule has 4 nitrogen and oxygen atoms in total. The fourth-order valence-electron chi connectivity index (χ4n) is 3.60. The molecule has 2 aliphatic heterocycles. The van der Waals surface area contributed by atoms with E-state index in [1.165, 1.54) is 11.1 Å². The summed E-state index contributed by atoms with van der Waals surface area (Å²) in [4.78, 5) is 15.8. The first-order valence-electron chi connectivity index (χ1n) is 8.87. The molecule has 2 heterocycles. The number of rotatable bonds is 4. The number of piperidine rings is 1. The van der Waals surface area contributed by atoms with Crippen LogP contribution in [0.15, 0.2) is 24.3 Å². The lowest BCUT2D eigenvalue weighted by molar-refractivity contribution is -0.129. The number of ether oxygens (including phenoxy) is 1. The topological polar surface area (TPSA) is 32.8 Å². The average Bonchev–Trinajstić information content (AvgIpc) is 2.61. The van der Waals surface area contributed by atoms with E-state index in [0.717, 1.165) is 65.2 Å². The second kappa shape index (κ2) is 7.93. The molecule has 0 N–H and O–H groups in total. The summed E-state index contributed by atoms with van der Waals surface area (Å²) in [5, 5.41) is 0. The number of carbonyl (C=O) groups is 1. The van der Waals surface area contributed by atoms with Crippen LogP contribution in [0.5, 0.6) is 0 Å². The zero-order valence-corrected chi connectivity index (χ0v) is 14.2. The summed E-state index contributed by atoms with van der Waals surface area (Å²) in [6, 6.07) is 9.16. The smallest absolute Gasteiger partial charge is 0.219 e. The molecule has 1 amide bonds. The Morgan fingerprint density at radius 2 is 1.74 bits per heavy atom. The van der Waals surface area contributed by atoms with Crippen LogP contribution in [-0.4, -0.2) is 61.6 Å². The van der Waals surface area contributed by atoms with Gasteiger partial charge in [0.25, 0.3) is 0 Å². The number of amides is 1. The van der Waals surface area contributed by atoms with E-state index in [0.29, 0.717) is 5.92 Å². The molecule has 0 saturated carbocycles. The van der Waals surface area contributed by atoms with Crippen molar-refractivity contribution in [3.8, 4) is 0 Å². The summed E-state index contributed by atoms with van der Waals surface area (Å²) in [6.07, 6.45) is 3.29. The molecule has 3 rings (SSSR count).